The fraction of sp³-hybridized carbons (Fsp3) is 0.500. The molecule has 1 aliphatic rings. The van der Waals surface area contributed by atoms with Crippen molar-refractivity contribution < 1.29 is 13.2 Å². The van der Waals surface area contributed by atoms with Crippen LogP contribution >= 0.6 is 11.3 Å². The van der Waals surface area contributed by atoms with Crippen LogP contribution in [0, 0.1) is 11.3 Å². The van der Waals surface area contributed by atoms with E-state index in [1.165, 1.54) is 22.2 Å². The van der Waals surface area contributed by atoms with Gasteiger partial charge >= 0.3 is 6.18 Å². The highest BCUT2D eigenvalue weighted by Gasteiger charge is 2.35. The van der Waals surface area contributed by atoms with Gasteiger partial charge in [-0.05, 0) is 42.2 Å². The van der Waals surface area contributed by atoms with Crippen LogP contribution in [0.2, 0.25) is 0 Å². The summed E-state index contributed by atoms with van der Waals surface area (Å²) in [6.07, 6.45) is 0.133. The lowest BCUT2D eigenvalue weighted by atomic mass is 9.72. The van der Waals surface area contributed by atoms with Gasteiger partial charge in [-0.1, -0.05) is 20.8 Å². The Hall–Kier alpha value is -2.49. The average molecular weight is 434 g/mol. The van der Waals surface area contributed by atoms with Crippen LogP contribution in [0.25, 0.3) is 27.4 Å². The van der Waals surface area contributed by atoms with Crippen LogP contribution in [-0.4, -0.2) is 29.4 Å². The van der Waals surface area contributed by atoms with Gasteiger partial charge in [-0.15, -0.1) is 16.4 Å². The van der Waals surface area contributed by atoms with E-state index >= 15 is 0 Å². The van der Waals surface area contributed by atoms with Crippen LogP contribution in [0.5, 0.6) is 0 Å². The van der Waals surface area contributed by atoms with Gasteiger partial charge in [-0.2, -0.15) is 18.3 Å². The van der Waals surface area contributed by atoms with Gasteiger partial charge in [0.1, 0.15) is 16.9 Å². The predicted octanol–water partition coefficient (Wildman–Crippen LogP) is 4.91. The molecule has 0 spiro atoms. The van der Waals surface area contributed by atoms with E-state index in [2.05, 4.69) is 40.9 Å². The SMILES string of the molecule is Cn1nc(C(F)(F)F)cc1-c1nc2c3c4c(sc3ncn2n1)CC(C(C)(C)C)CC4. The van der Waals surface area contributed by atoms with E-state index < -0.39 is 11.9 Å². The Balaban J connectivity index is 1.64. The third kappa shape index (κ3) is 3.00. The van der Waals surface area contributed by atoms with Gasteiger partial charge in [0.25, 0.3) is 0 Å². The molecule has 0 amide bonds. The molecule has 0 fully saturated rings. The van der Waals surface area contributed by atoms with E-state index in [-0.39, 0.29) is 16.9 Å². The van der Waals surface area contributed by atoms with Crippen LogP contribution in [0.4, 0.5) is 13.2 Å². The molecular weight excluding hydrogens is 413 g/mol. The first-order valence-electron chi connectivity index (χ1n) is 9.79. The summed E-state index contributed by atoms with van der Waals surface area (Å²) in [5.41, 5.74) is 1.40. The number of halogens is 3. The Bertz CT molecular complexity index is 1270. The molecule has 10 heteroatoms. The molecule has 0 N–H and O–H groups in total. The number of hydrogen-bond donors (Lipinski definition) is 0. The Morgan fingerprint density at radius 2 is 1.93 bits per heavy atom. The molecule has 1 unspecified atom stereocenters. The zero-order chi connectivity index (χ0) is 21.4. The van der Waals surface area contributed by atoms with Crippen LogP contribution in [0.15, 0.2) is 12.4 Å². The van der Waals surface area contributed by atoms with Gasteiger partial charge in [-0.3, -0.25) is 4.68 Å². The number of hydrogen-bond acceptors (Lipinski definition) is 5. The Labute approximate surface area is 174 Å². The molecule has 0 saturated heterocycles. The highest BCUT2D eigenvalue weighted by molar-refractivity contribution is 7.19. The maximum Gasteiger partial charge on any atom is 0.435 e. The standard InChI is InChI=1S/C20H21F3N6S/c1-19(2,3)10-5-6-11-13(7-10)30-18-15(11)17-25-16(27-29(17)9-24-18)12-8-14(20(21,22)23)26-28(12)4/h8-10H,5-7H2,1-4H3. The van der Waals surface area contributed by atoms with E-state index in [0.717, 1.165) is 35.5 Å². The van der Waals surface area contributed by atoms with Gasteiger partial charge in [0.15, 0.2) is 17.2 Å². The minimum Gasteiger partial charge on any atom is -0.264 e. The predicted molar refractivity (Wildman–Crippen MR) is 108 cm³/mol. The third-order valence-corrected chi connectivity index (χ3v) is 7.17. The van der Waals surface area contributed by atoms with Crippen molar-refractivity contribution in [3.8, 4) is 11.5 Å². The summed E-state index contributed by atoms with van der Waals surface area (Å²) in [7, 11) is 1.46. The summed E-state index contributed by atoms with van der Waals surface area (Å²) in [6.45, 7) is 6.83. The van der Waals surface area contributed by atoms with Crippen molar-refractivity contribution in [2.75, 3.05) is 0 Å². The lowest BCUT2D eigenvalue weighted by Crippen LogP contribution is -2.26. The maximum atomic E-state index is 13.0. The average Bonchev–Trinajstić information content (AvgIpc) is 3.32. The summed E-state index contributed by atoms with van der Waals surface area (Å²) in [4.78, 5) is 11.4. The second-order valence-corrected chi connectivity index (χ2v) is 10.1. The summed E-state index contributed by atoms with van der Waals surface area (Å²) < 4.78 is 41.8. The molecule has 4 aromatic heterocycles. The molecule has 1 atom stereocenters. The number of fused-ring (bicyclic) bond motifs is 5. The van der Waals surface area contributed by atoms with Crippen molar-refractivity contribution in [1.82, 2.24) is 29.4 Å². The van der Waals surface area contributed by atoms with E-state index in [1.807, 2.05) is 0 Å². The molecule has 30 heavy (non-hydrogen) atoms. The molecular formula is C20H21F3N6S. The Morgan fingerprint density at radius 1 is 1.17 bits per heavy atom. The minimum absolute atomic E-state index is 0.207. The fourth-order valence-corrected chi connectivity index (χ4v) is 5.50. The smallest absolute Gasteiger partial charge is 0.264 e. The normalized spacial score (nSPS) is 17.8. The molecule has 4 heterocycles. The summed E-state index contributed by atoms with van der Waals surface area (Å²) in [5.74, 6) is 0.816. The molecule has 0 saturated carbocycles. The molecule has 6 nitrogen and oxygen atoms in total. The van der Waals surface area contributed by atoms with Crippen LogP contribution < -0.4 is 0 Å². The largest absolute Gasteiger partial charge is 0.435 e. The molecule has 5 rings (SSSR count). The Morgan fingerprint density at radius 3 is 2.60 bits per heavy atom. The molecule has 4 aromatic rings. The van der Waals surface area contributed by atoms with Crippen LogP contribution in [0.1, 0.15) is 43.3 Å². The Kier molecular flexibility index (Phi) is 4.06. The minimum atomic E-state index is -4.51. The number of aryl methyl sites for hydroxylation is 2. The van der Waals surface area contributed by atoms with E-state index in [4.69, 9.17) is 0 Å². The summed E-state index contributed by atoms with van der Waals surface area (Å²) in [5, 5.41) is 8.94. The van der Waals surface area contributed by atoms with Crippen molar-refractivity contribution in [3.05, 3.63) is 28.5 Å². The number of aromatic nitrogens is 6. The molecule has 158 valence electrons. The monoisotopic (exact) mass is 434 g/mol. The highest BCUT2D eigenvalue weighted by Crippen LogP contribution is 2.43. The lowest BCUT2D eigenvalue weighted by molar-refractivity contribution is -0.141. The van der Waals surface area contributed by atoms with Gasteiger partial charge in [0, 0.05) is 11.9 Å². The number of alkyl halides is 3. The van der Waals surface area contributed by atoms with Crippen molar-refractivity contribution in [1.29, 1.82) is 0 Å². The van der Waals surface area contributed by atoms with Gasteiger partial charge in [0.05, 0.1) is 5.39 Å². The number of nitrogens with zero attached hydrogens (tertiary/aromatic N) is 6. The van der Waals surface area contributed by atoms with Crippen molar-refractivity contribution >= 4 is 27.2 Å². The van der Waals surface area contributed by atoms with E-state index in [9.17, 15) is 13.2 Å². The van der Waals surface area contributed by atoms with Gasteiger partial charge in [-0.25, -0.2) is 14.5 Å². The second kappa shape index (κ2) is 6.26. The summed E-state index contributed by atoms with van der Waals surface area (Å²) >= 11 is 1.69. The molecule has 0 radical (unpaired) electrons. The molecule has 1 aliphatic carbocycles. The molecule has 0 aromatic carbocycles. The number of thiophene rings is 1. The zero-order valence-electron chi connectivity index (χ0n) is 17.1. The first kappa shape index (κ1) is 19.5. The van der Waals surface area contributed by atoms with Crippen molar-refractivity contribution in [2.24, 2.45) is 18.4 Å². The lowest BCUT2D eigenvalue weighted by Gasteiger charge is -2.33. The first-order chi connectivity index (χ1) is 14.0. The van der Waals surface area contributed by atoms with Crippen molar-refractivity contribution in [3.63, 3.8) is 0 Å². The highest BCUT2D eigenvalue weighted by atomic mass is 32.1. The topological polar surface area (TPSA) is 60.9 Å². The van der Waals surface area contributed by atoms with Gasteiger partial charge in [0.2, 0.25) is 0 Å². The molecule has 0 bridgehead atoms. The van der Waals surface area contributed by atoms with E-state index in [0.29, 0.717) is 11.6 Å². The fourth-order valence-electron chi connectivity index (χ4n) is 4.24. The second-order valence-electron chi connectivity index (χ2n) is 8.97. The quantitative estimate of drug-likeness (QED) is 0.427. The van der Waals surface area contributed by atoms with Crippen LogP contribution in [0.3, 0.4) is 0 Å². The first-order valence-corrected chi connectivity index (χ1v) is 10.6. The third-order valence-electron chi connectivity index (χ3n) is 6.01. The zero-order valence-corrected chi connectivity index (χ0v) is 17.9. The number of rotatable bonds is 1. The maximum absolute atomic E-state index is 13.0. The van der Waals surface area contributed by atoms with E-state index in [1.54, 1.807) is 22.2 Å². The van der Waals surface area contributed by atoms with Crippen molar-refractivity contribution in [2.45, 2.75) is 46.2 Å². The summed E-state index contributed by atoms with van der Waals surface area (Å²) in [6, 6.07) is 0.983. The molecule has 0 aliphatic heterocycles. The van der Waals surface area contributed by atoms with Gasteiger partial charge < -0.3 is 0 Å². The van der Waals surface area contributed by atoms with Crippen LogP contribution in [-0.2, 0) is 26.1 Å².